The van der Waals surface area contributed by atoms with Crippen molar-refractivity contribution in [3.05, 3.63) is 71.8 Å². The van der Waals surface area contributed by atoms with Gasteiger partial charge in [-0.1, -0.05) is 42.5 Å². The van der Waals surface area contributed by atoms with Gasteiger partial charge in [0.05, 0.1) is 12.7 Å². The van der Waals surface area contributed by atoms with E-state index in [0.717, 1.165) is 25.1 Å². The molecule has 2 aliphatic rings. The molecule has 0 aromatic heterocycles. The molecule has 3 heteroatoms. The van der Waals surface area contributed by atoms with Crippen LogP contribution in [-0.2, 0) is 0 Å². The number of rotatable bonds is 2. The topological polar surface area (TPSA) is 15.3 Å². The van der Waals surface area contributed by atoms with Crippen molar-refractivity contribution in [2.75, 3.05) is 6.67 Å². The maximum atomic E-state index is 14.3. The van der Waals surface area contributed by atoms with E-state index in [4.69, 9.17) is 0 Å². The van der Waals surface area contributed by atoms with E-state index in [2.05, 4.69) is 28.5 Å². The second-order valence-electron chi connectivity index (χ2n) is 5.94. The van der Waals surface area contributed by atoms with Gasteiger partial charge in [0.25, 0.3) is 0 Å². The van der Waals surface area contributed by atoms with Crippen LogP contribution in [-0.4, -0.2) is 11.6 Å². The van der Waals surface area contributed by atoms with Gasteiger partial charge in [-0.2, -0.15) is 0 Å². The van der Waals surface area contributed by atoms with E-state index in [0.29, 0.717) is 11.6 Å². The van der Waals surface area contributed by atoms with Crippen molar-refractivity contribution in [1.82, 2.24) is 10.2 Å². The van der Waals surface area contributed by atoms with E-state index >= 15 is 0 Å². The Bertz CT molecular complexity index is 723. The molecule has 1 unspecified atom stereocenters. The van der Waals surface area contributed by atoms with Gasteiger partial charge in [-0.25, -0.2) is 4.39 Å². The molecule has 22 heavy (non-hydrogen) atoms. The summed E-state index contributed by atoms with van der Waals surface area (Å²) in [4.78, 5) is 2.42. The minimum atomic E-state index is -0.152. The number of piperidine rings is 1. The third-order valence-corrected chi connectivity index (χ3v) is 4.67. The van der Waals surface area contributed by atoms with Crippen LogP contribution in [0.15, 0.2) is 60.4 Å². The van der Waals surface area contributed by atoms with Gasteiger partial charge in [-0.05, 0) is 36.5 Å². The Balaban J connectivity index is 1.80. The van der Waals surface area contributed by atoms with Crippen LogP contribution in [0.25, 0.3) is 11.1 Å². The lowest BCUT2D eigenvalue weighted by Gasteiger charge is -2.37. The Morgan fingerprint density at radius 3 is 2.64 bits per heavy atom. The van der Waals surface area contributed by atoms with E-state index in [1.165, 1.54) is 23.7 Å². The van der Waals surface area contributed by atoms with Crippen LogP contribution in [0.1, 0.15) is 30.9 Å². The predicted molar refractivity (Wildman–Crippen MR) is 86.4 cm³/mol. The molecule has 2 aromatic rings. The van der Waals surface area contributed by atoms with Crippen molar-refractivity contribution in [2.45, 2.75) is 25.3 Å². The number of halogens is 1. The molecule has 1 atom stereocenters. The van der Waals surface area contributed by atoms with Gasteiger partial charge in [-0.3, -0.25) is 0 Å². The van der Waals surface area contributed by atoms with Crippen LogP contribution in [0, 0.1) is 5.82 Å². The molecule has 0 radical (unpaired) electrons. The Labute approximate surface area is 130 Å². The summed E-state index contributed by atoms with van der Waals surface area (Å²) in [6.45, 7) is 0.853. The number of allylic oxidation sites excluding steroid dienone is 1. The summed E-state index contributed by atoms with van der Waals surface area (Å²) in [7, 11) is 0. The summed E-state index contributed by atoms with van der Waals surface area (Å²) >= 11 is 0. The summed E-state index contributed by atoms with van der Waals surface area (Å²) in [5.74, 6) is -0.152. The van der Waals surface area contributed by atoms with Gasteiger partial charge in [0.15, 0.2) is 0 Å². The first-order chi connectivity index (χ1) is 10.8. The van der Waals surface area contributed by atoms with Crippen molar-refractivity contribution in [3.63, 3.8) is 0 Å². The Kier molecular flexibility index (Phi) is 3.34. The Morgan fingerprint density at radius 1 is 1.00 bits per heavy atom. The maximum Gasteiger partial charge on any atom is 0.131 e. The van der Waals surface area contributed by atoms with Gasteiger partial charge in [0.1, 0.15) is 5.82 Å². The molecule has 112 valence electrons. The number of fused-ring (bicyclic) bond motifs is 1. The summed E-state index contributed by atoms with van der Waals surface area (Å²) in [5, 5.41) is 3.32. The van der Waals surface area contributed by atoms with Crippen LogP contribution < -0.4 is 5.32 Å². The lowest BCUT2D eigenvalue weighted by atomic mass is 9.88. The Hall–Kier alpha value is -2.29. The lowest BCUT2D eigenvalue weighted by Crippen LogP contribution is -2.32. The Morgan fingerprint density at radius 2 is 1.77 bits per heavy atom. The number of benzene rings is 2. The van der Waals surface area contributed by atoms with Crippen LogP contribution in [0.4, 0.5) is 4.39 Å². The molecule has 2 heterocycles. The second kappa shape index (κ2) is 5.48. The van der Waals surface area contributed by atoms with Gasteiger partial charge in [0, 0.05) is 17.5 Å². The average molecular weight is 294 g/mol. The lowest BCUT2D eigenvalue weighted by molar-refractivity contribution is 0.215. The predicted octanol–water partition coefficient (Wildman–Crippen LogP) is 4.42. The van der Waals surface area contributed by atoms with Crippen LogP contribution in [0.3, 0.4) is 0 Å². The van der Waals surface area contributed by atoms with Gasteiger partial charge in [0.2, 0.25) is 0 Å². The fourth-order valence-corrected chi connectivity index (χ4v) is 3.64. The number of nitrogens with one attached hydrogen (secondary N) is 1. The largest absolute Gasteiger partial charge is 0.372 e. The SMILES string of the molecule is Fc1ccccc1-c1ccccc1C1CCCC2=CNCN21. The smallest absolute Gasteiger partial charge is 0.131 e. The molecular formula is C19H19FN2. The molecule has 0 saturated carbocycles. The molecule has 2 aromatic carbocycles. The fourth-order valence-electron chi connectivity index (χ4n) is 3.64. The van der Waals surface area contributed by atoms with Gasteiger partial charge in [-0.15, -0.1) is 0 Å². The average Bonchev–Trinajstić information content (AvgIpc) is 3.04. The normalized spacial score (nSPS) is 20.3. The molecule has 2 nitrogen and oxygen atoms in total. The van der Waals surface area contributed by atoms with Crippen molar-refractivity contribution in [2.24, 2.45) is 0 Å². The molecule has 0 bridgehead atoms. The highest BCUT2D eigenvalue weighted by Gasteiger charge is 2.30. The number of hydrogen-bond acceptors (Lipinski definition) is 2. The summed E-state index contributed by atoms with van der Waals surface area (Å²) in [6.07, 6.45) is 5.55. The minimum Gasteiger partial charge on any atom is -0.372 e. The quantitative estimate of drug-likeness (QED) is 0.882. The van der Waals surface area contributed by atoms with Gasteiger partial charge >= 0.3 is 0 Å². The fraction of sp³-hybridized carbons (Fsp3) is 0.263. The maximum absolute atomic E-state index is 14.3. The monoisotopic (exact) mass is 294 g/mol. The summed E-state index contributed by atoms with van der Waals surface area (Å²) < 4.78 is 14.3. The van der Waals surface area contributed by atoms with Crippen LogP contribution in [0.5, 0.6) is 0 Å². The first-order valence-corrected chi connectivity index (χ1v) is 7.87. The minimum absolute atomic E-state index is 0.152. The van der Waals surface area contributed by atoms with Gasteiger partial charge < -0.3 is 10.2 Å². The summed E-state index contributed by atoms with van der Waals surface area (Å²) in [5.41, 5.74) is 4.31. The van der Waals surface area contributed by atoms with Crippen LogP contribution >= 0.6 is 0 Å². The third kappa shape index (κ3) is 2.17. The third-order valence-electron chi connectivity index (χ3n) is 4.67. The van der Waals surface area contributed by atoms with Crippen molar-refractivity contribution in [1.29, 1.82) is 0 Å². The highest BCUT2D eigenvalue weighted by atomic mass is 19.1. The van der Waals surface area contributed by atoms with Crippen molar-refractivity contribution in [3.8, 4) is 11.1 Å². The van der Waals surface area contributed by atoms with Crippen LogP contribution in [0.2, 0.25) is 0 Å². The molecule has 2 aliphatic heterocycles. The number of nitrogens with zero attached hydrogens (tertiary/aromatic N) is 1. The zero-order valence-corrected chi connectivity index (χ0v) is 12.4. The molecule has 1 N–H and O–H groups in total. The zero-order chi connectivity index (χ0) is 14.9. The summed E-state index contributed by atoms with van der Waals surface area (Å²) in [6, 6.07) is 15.6. The van der Waals surface area contributed by atoms with Crippen molar-refractivity contribution < 1.29 is 4.39 Å². The second-order valence-corrected chi connectivity index (χ2v) is 5.94. The van der Waals surface area contributed by atoms with E-state index in [-0.39, 0.29) is 5.82 Å². The molecule has 0 amide bonds. The molecule has 1 saturated heterocycles. The highest BCUT2D eigenvalue weighted by Crippen LogP contribution is 2.41. The first-order valence-electron chi connectivity index (χ1n) is 7.87. The zero-order valence-electron chi connectivity index (χ0n) is 12.4. The van der Waals surface area contributed by atoms with E-state index in [1.807, 2.05) is 24.3 Å². The van der Waals surface area contributed by atoms with E-state index in [9.17, 15) is 4.39 Å². The standard InChI is InChI=1S/C19H19FN2/c20-18-10-4-3-8-16(18)15-7-1-2-9-17(15)19-11-5-6-14-12-21-13-22(14)19/h1-4,7-10,12,19,21H,5-6,11,13H2. The van der Waals surface area contributed by atoms with E-state index in [1.54, 1.807) is 6.07 Å². The van der Waals surface area contributed by atoms with Crippen molar-refractivity contribution >= 4 is 0 Å². The highest BCUT2D eigenvalue weighted by molar-refractivity contribution is 5.68. The molecule has 1 fully saturated rings. The van der Waals surface area contributed by atoms with E-state index < -0.39 is 0 Å². The molecule has 0 aliphatic carbocycles. The number of hydrogen-bond donors (Lipinski definition) is 1. The first kappa shape index (κ1) is 13.4. The molecule has 4 rings (SSSR count). The molecule has 0 spiro atoms. The molecular weight excluding hydrogens is 275 g/mol.